The van der Waals surface area contributed by atoms with Gasteiger partial charge in [0.25, 0.3) is 5.91 Å². The lowest BCUT2D eigenvalue weighted by Crippen LogP contribution is -2.32. The molecule has 1 atom stereocenters. The summed E-state index contributed by atoms with van der Waals surface area (Å²) in [5.74, 6) is 0.611. The van der Waals surface area contributed by atoms with Crippen LogP contribution in [0.1, 0.15) is 27.7 Å². The van der Waals surface area contributed by atoms with Gasteiger partial charge in [-0.3, -0.25) is 4.79 Å². The van der Waals surface area contributed by atoms with Crippen molar-refractivity contribution in [2.45, 2.75) is 12.7 Å². The summed E-state index contributed by atoms with van der Waals surface area (Å²) in [6.07, 6.45) is 1.24. The second kappa shape index (κ2) is 6.98. The Morgan fingerprint density at radius 2 is 1.77 bits per heavy atom. The number of hydrogen-bond acceptors (Lipinski definition) is 3. The van der Waals surface area contributed by atoms with Crippen LogP contribution in [0.5, 0.6) is 0 Å². The van der Waals surface area contributed by atoms with Gasteiger partial charge in [-0.05, 0) is 29.8 Å². The van der Waals surface area contributed by atoms with E-state index >= 15 is 0 Å². The molecule has 0 fully saturated rings. The van der Waals surface area contributed by atoms with Crippen molar-refractivity contribution in [1.82, 2.24) is 9.88 Å². The summed E-state index contributed by atoms with van der Waals surface area (Å²) in [5.41, 5.74) is 2.50. The molecule has 1 N–H and O–H groups in total. The molecule has 130 valence electrons. The SMILES string of the molecule is O=C1c2ccccc2[C@H](Nc2ccc(Cl)cn2)N1Cc1ccccc1Cl. The van der Waals surface area contributed by atoms with E-state index in [1.807, 2.05) is 48.5 Å². The quantitative estimate of drug-likeness (QED) is 0.676. The standard InChI is InChI=1S/C20H15Cl2N3O/c21-14-9-10-18(23-11-14)24-19-15-6-2-3-7-16(15)20(26)25(19)12-13-5-1-4-8-17(13)22/h1-11,19H,12H2,(H,23,24)/t19-/m1/s1. The van der Waals surface area contributed by atoms with Gasteiger partial charge in [0.05, 0.1) is 5.02 Å². The van der Waals surface area contributed by atoms with Crippen LogP contribution in [0.4, 0.5) is 5.82 Å². The highest BCUT2D eigenvalue weighted by Gasteiger charge is 2.36. The maximum Gasteiger partial charge on any atom is 0.256 e. The van der Waals surface area contributed by atoms with Crippen molar-refractivity contribution in [2.75, 3.05) is 5.32 Å². The maximum atomic E-state index is 13.0. The molecule has 1 aliphatic rings. The first kappa shape index (κ1) is 16.9. The van der Waals surface area contributed by atoms with E-state index in [4.69, 9.17) is 23.2 Å². The van der Waals surface area contributed by atoms with Gasteiger partial charge in [-0.25, -0.2) is 4.98 Å². The van der Waals surface area contributed by atoms with E-state index in [-0.39, 0.29) is 12.1 Å². The fourth-order valence-electron chi connectivity index (χ4n) is 3.10. The molecule has 1 aromatic heterocycles. The highest BCUT2D eigenvalue weighted by Crippen LogP contribution is 2.36. The molecular formula is C20H15Cl2N3O. The van der Waals surface area contributed by atoms with Crippen molar-refractivity contribution in [2.24, 2.45) is 0 Å². The Hall–Kier alpha value is -2.56. The third-order valence-corrected chi connectivity index (χ3v) is 4.96. The number of hydrogen-bond donors (Lipinski definition) is 1. The minimum Gasteiger partial charge on any atom is -0.346 e. The van der Waals surface area contributed by atoms with Crippen LogP contribution in [-0.4, -0.2) is 15.8 Å². The lowest BCUT2D eigenvalue weighted by molar-refractivity contribution is 0.0728. The van der Waals surface area contributed by atoms with Crippen molar-refractivity contribution in [3.8, 4) is 0 Å². The number of halogens is 2. The molecule has 0 spiro atoms. The van der Waals surface area contributed by atoms with Crippen LogP contribution in [0.15, 0.2) is 66.9 Å². The van der Waals surface area contributed by atoms with Gasteiger partial charge >= 0.3 is 0 Å². The number of pyridine rings is 1. The van der Waals surface area contributed by atoms with Crippen molar-refractivity contribution in [3.63, 3.8) is 0 Å². The molecule has 1 aliphatic heterocycles. The molecule has 1 amide bonds. The van der Waals surface area contributed by atoms with E-state index in [2.05, 4.69) is 10.3 Å². The Morgan fingerprint density at radius 1 is 1.00 bits per heavy atom. The number of nitrogens with zero attached hydrogens (tertiary/aromatic N) is 2. The number of carbonyl (C=O) groups is 1. The van der Waals surface area contributed by atoms with Gasteiger partial charge in [-0.15, -0.1) is 0 Å². The summed E-state index contributed by atoms with van der Waals surface area (Å²) in [4.78, 5) is 19.0. The molecule has 0 saturated heterocycles. The molecule has 4 nitrogen and oxygen atoms in total. The summed E-state index contributed by atoms with van der Waals surface area (Å²) in [7, 11) is 0. The van der Waals surface area contributed by atoms with Crippen LogP contribution in [-0.2, 0) is 6.54 Å². The number of fused-ring (bicyclic) bond motifs is 1. The van der Waals surface area contributed by atoms with Gasteiger partial charge in [0, 0.05) is 28.9 Å². The molecule has 0 bridgehead atoms. The number of rotatable bonds is 4. The molecule has 4 rings (SSSR count). The topological polar surface area (TPSA) is 45.2 Å². The fourth-order valence-corrected chi connectivity index (χ4v) is 3.41. The lowest BCUT2D eigenvalue weighted by atomic mass is 10.1. The normalized spacial score (nSPS) is 15.8. The zero-order valence-corrected chi connectivity index (χ0v) is 15.2. The highest BCUT2D eigenvalue weighted by atomic mass is 35.5. The molecule has 0 unspecified atom stereocenters. The highest BCUT2D eigenvalue weighted by molar-refractivity contribution is 6.31. The smallest absolute Gasteiger partial charge is 0.256 e. The molecule has 0 radical (unpaired) electrons. The summed E-state index contributed by atoms with van der Waals surface area (Å²) in [6.45, 7) is 0.401. The Kier molecular flexibility index (Phi) is 4.53. The van der Waals surface area contributed by atoms with Crippen molar-refractivity contribution in [1.29, 1.82) is 0 Å². The second-order valence-electron chi connectivity index (χ2n) is 6.02. The Morgan fingerprint density at radius 3 is 2.54 bits per heavy atom. The summed E-state index contributed by atoms with van der Waals surface area (Å²) < 4.78 is 0. The van der Waals surface area contributed by atoms with Gasteiger partial charge in [0.2, 0.25) is 0 Å². The molecule has 3 aromatic rings. The lowest BCUT2D eigenvalue weighted by Gasteiger charge is -2.27. The van der Waals surface area contributed by atoms with Gasteiger partial charge in [0.1, 0.15) is 12.0 Å². The van der Waals surface area contributed by atoms with Crippen LogP contribution < -0.4 is 5.32 Å². The predicted molar refractivity (Wildman–Crippen MR) is 103 cm³/mol. The third kappa shape index (κ3) is 3.14. The summed E-state index contributed by atoms with van der Waals surface area (Å²) in [5, 5.41) is 4.54. The Bertz CT molecular complexity index is 959. The molecule has 2 aromatic carbocycles. The zero-order valence-electron chi connectivity index (χ0n) is 13.7. The fraction of sp³-hybridized carbons (Fsp3) is 0.100. The average Bonchev–Trinajstić information content (AvgIpc) is 2.91. The molecule has 0 aliphatic carbocycles. The molecular weight excluding hydrogens is 369 g/mol. The molecule has 0 saturated carbocycles. The molecule has 6 heteroatoms. The first-order chi connectivity index (χ1) is 12.6. The summed E-state index contributed by atoms with van der Waals surface area (Å²) in [6, 6.07) is 18.7. The summed E-state index contributed by atoms with van der Waals surface area (Å²) >= 11 is 12.2. The van der Waals surface area contributed by atoms with Crippen LogP contribution >= 0.6 is 23.2 Å². The minimum absolute atomic E-state index is 0.0352. The van der Waals surface area contributed by atoms with E-state index in [0.717, 1.165) is 11.1 Å². The average molecular weight is 384 g/mol. The van der Waals surface area contributed by atoms with E-state index in [9.17, 15) is 4.79 Å². The second-order valence-corrected chi connectivity index (χ2v) is 6.86. The van der Waals surface area contributed by atoms with Crippen LogP contribution in [0.25, 0.3) is 0 Å². The van der Waals surface area contributed by atoms with Gasteiger partial charge in [-0.2, -0.15) is 0 Å². The maximum absolute atomic E-state index is 13.0. The monoisotopic (exact) mass is 383 g/mol. The van der Waals surface area contributed by atoms with E-state index < -0.39 is 0 Å². The number of carbonyl (C=O) groups excluding carboxylic acids is 1. The zero-order chi connectivity index (χ0) is 18.1. The number of amides is 1. The van der Waals surface area contributed by atoms with Gasteiger partial charge < -0.3 is 10.2 Å². The molecule has 26 heavy (non-hydrogen) atoms. The van der Waals surface area contributed by atoms with Gasteiger partial charge in [-0.1, -0.05) is 59.6 Å². The van der Waals surface area contributed by atoms with E-state index in [1.54, 1.807) is 23.2 Å². The van der Waals surface area contributed by atoms with Crippen molar-refractivity contribution < 1.29 is 4.79 Å². The number of benzene rings is 2. The Labute approximate surface area is 161 Å². The number of aromatic nitrogens is 1. The number of nitrogens with one attached hydrogen (secondary N) is 1. The minimum atomic E-state index is -0.330. The van der Waals surface area contributed by atoms with Crippen LogP contribution in [0.3, 0.4) is 0 Å². The van der Waals surface area contributed by atoms with E-state index in [0.29, 0.717) is 28.0 Å². The largest absolute Gasteiger partial charge is 0.346 e. The van der Waals surface area contributed by atoms with Crippen molar-refractivity contribution in [3.05, 3.63) is 93.6 Å². The predicted octanol–water partition coefficient (Wildman–Crippen LogP) is 5.16. The van der Waals surface area contributed by atoms with Crippen LogP contribution in [0.2, 0.25) is 10.0 Å². The first-order valence-corrected chi connectivity index (χ1v) is 8.90. The first-order valence-electron chi connectivity index (χ1n) is 8.15. The molecule has 2 heterocycles. The van der Waals surface area contributed by atoms with E-state index in [1.165, 1.54) is 0 Å². The Balaban J connectivity index is 1.70. The third-order valence-electron chi connectivity index (χ3n) is 4.37. The van der Waals surface area contributed by atoms with Gasteiger partial charge in [0.15, 0.2) is 0 Å². The van der Waals surface area contributed by atoms with Crippen LogP contribution in [0, 0.1) is 0 Å². The van der Waals surface area contributed by atoms with Crippen molar-refractivity contribution >= 4 is 34.9 Å². The number of anilines is 1.